The van der Waals surface area contributed by atoms with Gasteiger partial charge in [0.05, 0.1) is 11.3 Å². The summed E-state index contributed by atoms with van der Waals surface area (Å²) >= 11 is 1.55. The summed E-state index contributed by atoms with van der Waals surface area (Å²) in [5.41, 5.74) is 2.57. The lowest BCUT2D eigenvalue weighted by atomic mass is 9.86. The number of hydrogen-bond acceptors (Lipinski definition) is 4. The van der Waals surface area contributed by atoms with Crippen molar-refractivity contribution in [2.75, 3.05) is 13.1 Å². The number of hydrogen-bond donors (Lipinski definition) is 1. The number of rotatable bonds is 3. The summed E-state index contributed by atoms with van der Waals surface area (Å²) < 4.78 is 14.6. The van der Waals surface area contributed by atoms with Gasteiger partial charge in [-0.3, -0.25) is 9.59 Å². The minimum atomic E-state index is -0.305. The molecule has 1 aromatic carbocycles. The fraction of sp³-hybridized carbons (Fsp3) is 0.318. The molecule has 2 atom stereocenters. The Bertz CT molecular complexity index is 1140. The first-order chi connectivity index (χ1) is 13.8. The fourth-order valence-corrected chi connectivity index (χ4v) is 4.91. The van der Waals surface area contributed by atoms with Crippen molar-refractivity contribution in [3.05, 3.63) is 85.0 Å². The summed E-state index contributed by atoms with van der Waals surface area (Å²) in [7, 11) is 0. The Kier molecular flexibility index (Phi) is 5.08. The van der Waals surface area contributed by atoms with E-state index in [1.165, 1.54) is 12.1 Å². The fourth-order valence-electron chi connectivity index (χ4n) is 4.05. The molecule has 3 aromatic rings. The Hall–Kier alpha value is -2.80. The first-order valence-corrected chi connectivity index (χ1v) is 10.4. The van der Waals surface area contributed by atoms with Gasteiger partial charge in [0.25, 0.3) is 11.5 Å². The standard InChI is InChI=1S/C22H22FN3O2S/c1-12-13(2)29-11-18(12)22(28)26-9-16(15-6-4-5-7-19(15)23)17(10-26)20-8-21(27)25-14(3)24-20/h4-8,11,16-17H,9-10H2,1-3H3,(H,24,25,27)/t16-,17+/m0/s1. The maximum atomic E-state index is 14.6. The van der Waals surface area contributed by atoms with Crippen LogP contribution in [-0.4, -0.2) is 33.9 Å². The molecule has 7 heteroatoms. The minimum absolute atomic E-state index is 0.0581. The van der Waals surface area contributed by atoms with Gasteiger partial charge in [-0.1, -0.05) is 18.2 Å². The number of aryl methyl sites for hydroxylation is 2. The molecular formula is C22H22FN3O2S. The molecule has 1 aliphatic rings. The second-order valence-corrected chi connectivity index (χ2v) is 8.61. The molecule has 29 heavy (non-hydrogen) atoms. The number of carbonyl (C=O) groups excluding carboxylic acids is 1. The summed E-state index contributed by atoms with van der Waals surface area (Å²) in [6.07, 6.45) is 0. The lowest BCUT2D eigenvalue weighted by Crippen LogP contribution is -2.29. The summed E-state index contributed by atoms with van der Waals surface area (Å²) in [4.78, 5) is 35.2. The third-order valence-electron chi connectivity index (χ3n) is 5.69. The number of aromatic amines is 1. The van der Waals surface area contributed by atoms with E-state index in [9.17, 15) is 14.0 Å². The van der Waals surface area contributed by atoms with E-state index in [1.54, 1.807) is 41.4 Å². The van der Waals surface area contributed by atoms with Crippen molar-refractivity contribution in [2.24, 2.45) is 0 Å². The van der Waals surface area contributed by atoms with E-state index in [2.05, 4.69) is 9.97 Å². The largest absolute Gasteiger partial charge is 0.337 e. The maximum Gasteiger partial charge on any atom is 0.255 e. The van der Waals surface area contributed by atoms with Gasteiger partial charge in [-0.15, -0.1) is 11.3 Å². The van der Waals surface area contributed by atoms with Gasteiger partial charge in [0.15, 0.2) is 0 Å². The van der Waals surface area contributed by atoms with Crippen molar-refractivity contribution in [1.82, 2.24) is 14.9 Å². The van der Waals surface area contributed by atoms with Gasteiger partial charge in [0, 0.05) is 41.2 Å². The highest BCUT2D eigenvalue weighted by atomic mass is 32.1. The quantitative estimate of drug-likeness (QED) is 0.710. The molecule has 4 rings (SSSR count). The van der Waals surface area contributed by atoms with Gasteiger partial charge in [-0.2, -0.15) is 0 Å². The number of amides is 1. The van der Waals surface area contributed by atoms with Crippen molar-refractivity contribution in [1.29, 1.82) is 0 Å². The molecule has 0 bridgehead atoms. The van der Waals surface area contributed by atoms with Crippen LogP contribution < -0.4 is 5.56 Å². The lowest BCUT2D eigenvalue weighted by Gasteiger charge is -2.18. The molecule has 3 heterocycles. The number of likely N-dealkylation sites (tertiary alicyclic amines) is 1. The SMILES string of the molecule is Cc1nc([C@@H]2CN(C(=O)c3csc(C)c3C)C[C@H]2c2ccccc2F)cc(=O)[nH]1. The zero-order chi connectivity index (χ0) is 20.7. The van der Waals surface area contributed by atoms with Crippen molar-refractivity contribution in [3.63, 3.8) is 0 Å². The lowest BCUT2D eigenvalue weighted by molar-refractivity contribution is 0.0788. The normalized spacial score (nSPS) is 19.0. The average molecular weight is 412 g/mol. The molecule has 2 aromatic heterocycles. The molecule has 5 nitrogen and oxygen atoms in total. The molecule has 0 spiro atoms. The third-order valence-corrected chi connectivity index (χ3v) is 6.70. The molecule has 0 aliphatic carbocycles. The Balaban J connectivity index is 1.75. The van der Waals surface area contributed by atoms with Crippen LogP contribution in [0.5, 0.6) is 0 Å². The van der Waals surface area contributed by atoms with Crippen LogP contribution in [-0.2, 0) is 0 Å². The summed E-state index contributed by atoms with van der Waals surface area (Å²) in [5, 5.41) is 1.88. The highest BCUT2D eigenvalue weighted by molar-refractivity contribution is 7.10. The molecule has 0 saturated carbocycles. The topological polar surface area (TPSA) is 66.1 Å². The van der Waals surface area contributed by atoms with E-state index < -0.39 is 0 Å². The third kappa shape index (κ3) is 3.62. The molecule has 1 fully saturated rings. The number of carbonyl (C=O) groups is 1. The van der Waals surface area contributed by atoms with Gasteiger partial charge in [0.2, 0.25) is 0 Å². The van der Waals surface area contributed by atoms with Gasteiger partial charge in [-0.25, -0.2) is 9.37 Å². The Morgan fingerprint density at radius 3 is 2.59 bits per heavy atom. The minimum Gasteiger partial charge on any atom is -0.337 e. The summed E-state index contributed by atoms with van der Waals surface area (Å²) in [5.74, 6) is -0.377. The number of thiophene rings is 1. The Morgan fingerprint density at radius 2 is 1.93 bits per heavy atom. The highest BCUT2D eigenvalue weighted by Gasteiger charge is 2.40. The van der Waals surface area contributed by atoms with Crippen LogP contribution >= 0.6 is 11.3 Å². The Morgan fingerprint density at radius 1 is 1.21 bits per heavy atom. The van der Waals surface area contributed by atoms with Crippen LogP contribution in [0.1, 0.15) is 49.7 Å². The number of nitrogens with one attached hydrogen (secondary N) is 1. The van der Waals surface area contributed by atoms with Crippen molar-refractivity contribution in [2.45, 2.75) is 32.6 Å². The predicted octanol–water partition coefficient (Wildman–Crippen LogP) is 3.92. The van der Waals surface area contributed by atoms with E-state index in [-0.39, 0.29) is 29.1 Å². The molecule has 0 radical (unpaired) electrons. The number of benzene rings is 1. The molecule has 0 unspecified atom stereocenters. The van der Waals surface area contributed by atoms with E-state index in [0.29, 0.717) is 35.7 Å². The van der Waals surface area contributed by atoms with E-state index in [4.69, 9.17) is 0 Å². The van der Waals surface area contributed by atoms with Crippen LogP contribution in [0, 0.1) is 26.6 Å². The molecule has 1 aliphatic heterocycles. The highest BCUT2D eigenvalue weighted by Crippen LogP contribution is 2.40. The predicted molar refractivity (Wildman–Crippen MR) is 111 cm³/mol. The molecule has 1 N–H and O–H groups in total. The number of halogens is 1. The average Bonchev–Trinajstić information content (AvgIpc) is 3.25. The second kappa shape index (κ2) is 7.55. The molecule has 1 saturated heterocycles. The van der Waals surface area contributed by atoms with Crippen molar-refractivity contribution >= 4 is 17.2 Å². The van der Waals surface area contributed by atoms with Crippen LogP contribution in [0.4, 0.5) is 4.39 Å². The smallest absolute Gasteiger partial charge is 0.255 e. The first kappa shape index (κ1) is 19.5. The second-order valence-electron chi connectivity index (χ2n) is 7.53. The number of H-pyrrole nitrogens is 1. The van der Waals surface area contributed by atoms with Crippen LogP contribution in [0.2, 0.25) is 0 Å². The van der Waals surface area contributed by atoms with Gasteiger partial charge in [-0.05, 0) is 38.0 Å². The molecular weight excluding hydrogens is 389 g/mol. The van der Waals surface area contributed by atoms with Crippen molar-refractivity contribution in [3.8, 4) is 0 Å². The van der Waals surface area contributed by atoms with E-state index >= 15 is 0 Å². The first-order valence-electron chi connectivity index (χ1n) is 9.51. The number of nitrogens with zero attached hydrogens (tertiary/aromatic N) is 2. The van der Waals surface area contributed by atoms with Gasteiger partial charge >= 0.3 is 0 Å². The number of aromatic nitrogens is 2. The van der Waals surface area contributed by atoms with Crippen LogP contribution in [0.15, 0.2) is 40.5 Å². The zero-order valence-corrected chi connectivity index (χ0v) is 17.3. The summed E-state index contributed by atoms with van der Waals surface area (Å²) in [6, 6.07) is 8.09. The molecule has 1 amide bonds. The Labute approximate surface area is 172 Å². The van der Waals surface area contributed by atoms with Crippen LogP contribution in [0.3, 0.4) is 0 Å². The summed E-state index contributed by atoms with van der Waals surface area (Å²) in [6.45, 7) is 6.43. The monoisotopic (exact) mass is 411 g/mol. The van der Waals surface area contributed by atoms with Crippen molar-refractivity contribution < 1.29 is 9.18 Å². The van der Waals surface area contributed by atoms with E-state index in [1.807, 2.05) is 19.2 Å². The van der Waals surface area contributed by atoms with Gasteiger partial charge in [0.1, 0.15) is 11.6 Å². The zero-order valence-electron chi connectivity index (χ0n) is 16.5. The van der Waals surface area contributed by atoms with E-state index in [0.717, 1.165) is 10.4 Å². The van der Waals surface area contributed by atoms with Crippen LogP contribution in [0.25, 0.3) is 0 Å². The maximum absolute atomic E-state index is 14.6. The molecule has 150 valence electrons. The van der Waals surface area contributed by atoms with Gasteiger partial charge < -0.3 is 9.88 Å².